The van der Waals surface area contributed by atoms with E-state index in [1.54, 1.807) is 0 Å². The molecule has 0 aromatic heterocycles. The van der Waals surface area contributed by atoms with Crippen molar-refractivity contribution in [2.45, 2.75) is 46.5 Å². The molecule has 0 heteroatoms. The van der Waals surface area contributed by atoms with E-state index in [9.17, 15) is 0 Å². The van der Waals surface area contributed by atoms with E-state index in [1.165, 1.54) is 25.7 Å². The van der Waals surface area contributed by atoms with Crippen LogP contribution in [0.3, 0.4) is 0 Å². The highest BCUT2D eigenvalue weighted by atomic mass is 14.3. The molecule has 3 atom stereocenters. The van der Waals surface area contributed by atoms with Crippen molar-refractivity contribution in [2.24, 2.45) is 17.8 Å². The fourth-order valence-electron chi connectivity index (χ4n) is 2.03. The zero-order valence-corrected chi connectivity index (χ0v) is 8.97. The van der Waals surface area contributed by atoms with Gasteiger partial charge in [-0.15, -0.1) is 13.2 Å². The van der Waals surface area contributed by atoms with Crippen LogP contribution in [-0.2, 0) is 0 Å². The first-order chi connectivity index (χ1) is 5.74. The van der Waals surface area contributed by atoms with Crippen LogP contribution in [0.5, 0.6) is 0 Å². The van der Waals surface area contributed by atoms with Crippen LogP contribution in [0.2, 0.25) is 0 Å². The molecule has 0 nitrogen and oxygen atoms in total. The molecule has 3 unspecified atom stereocenters. The summed E-state index contributed by atoms with van der Waals surface area (Å²) in [6.07, 6.45) is 5.84. The summed E-state index contributed by atoms with van der Waals surface area (Å²) in [7, 11) is 0. The summed E-state index contributed by atoms with van der Waals surface area (Å²) in [6, 6.07) is 0. The summed E-state index contributed by atoms with van der Waals surface area (Å²) in [5, 5.41) is 0. The highest BCUT2D eigenvalue weighted by Crippen LogP contribution is 2.34. The smallest absolute Gasteiger partial charge is 0.0414 e. The average molecular weight is 168 g/mol. The molecule has 0 radical (unpaired) electrons. The van der Waals surface area contributed by atoms with Crippen LogP contribution >= 0.6 is 0 Å². The molecular formula is C12H24. The molecule has 0 aromatic carbocycles. The third kappa shape index (κ3) is 3.42. The number of rotatable bonds is 1. The van der Waals surface area contributed by atoms with Crippen LogP contribution in [0, 0.1) is 17.8 Å². The lowest BCUT2D eigenvalue weighted by molar-refractivity contribution is 0.204. The molecule has 0 aromatic rings. The minimum Gasteiger partial charge on any atom is -0.106 e. The van der Waals surface area contributed by atoms with E-state index in [2.05, 4.69) is 33.9 Å². The first-order valence-electron chi connectivity index (χ1n) is 5.24. The first-order valence-corrected chi connectivity index (χ1v) is 5.24. The third-order valence-electron chi connectivity index (χ3n) is 3.28. The molecule has 1 aliphatic rings. The van der Waals surface area contributed by atoms with Crippen LogP contribution in [0.1, 0.15) is 46.5 Å². The molecule has 0 aliphatic heterocycles. The molecule has 0 amide bonds. The van der Waals surface area contributed by atoms with Crippen molar-refractivity contribution >= 4 is 0 Å². The molecule has 0 saturated heterocycles. The van der Waals surface area contributed by atoms with E-state index >= 15 is 0 Å². The van der Waals surface area contributed by atoms with Crippen LogP contribution in [0.15, 0.2) is 13.2 Å². The largest absolute Gasteiger partial charge is 0.106 e. The van der Waals surface area contributed by atoms with Crippen molar-refractivity contribution < 1.29 is 0 Å². The van der Waals surface area contributed by atoms with Gasteiger partial charge in [0.15, 0.2) is 0 Å². The second-order valence-corrected chi connectivity index (χ2v) is 4.04. The van der Waals surface area contributed by atoms with Gasteiger partial charge in [-0.25, -0.2) is 0 Å². The Morgan fingerprint density at radius 3 is 2.08 bits per heavy atom. The molecule has 0 N–H and O–H groups in total. The van der Waals surface area contributed by atoms with Crippen LogP contribution in [0.4, 0.5) is 0 Å². The van der Waals surface area contributed by atoms with Gasteiger partial charge in [-0.05, 0) is 24.2 Å². The van der Waals surface area contributed by atoms with Crippen molar-refractivity contribution in [3.05, 3.63) is 13.2 Å². The van der Waals surface area contributed by atoms with Crippen molar-refractivity contribution in [3.8, 4) is 0 Å². The number of hydrogen-bond acceptors (Lipinski definition) is 0. The van der Waals surface area contributed by atoms with Gasteiger partial charge in [0.05, 0.1) is 0 Å². The minimum atomic E-state index is 0.985. The second kappa shape index (κ2) is 6.28. The maximum absolute atomic E-state index is 3.00. The Bertz CT molecular complexity index is 107. The summed E-state index contributed by atoms with van der Waals surface area (Å²) in [6.45, 7) is 13.1. The highest BCUT2D eigenvalue weighted by Gasteiger charge is 2.22. The average Bonchev–Trinajstić information content (AvgIpc) is 2.13. The number of hydrogen-bond donors (Lipinski definition) is 0. The zero-order valence-electron chi connectivity index (χ0n) is 8.97. The fraction of sp³-hybridized carbons (Fsp3) is 0.833. The molecule has 0 spiro atoms. The third-order valence-corrected chi connectivity index (χ3v) is 3.28. The zero-order chi connectivity index (χ0) is 9.56. The topological polar surface area (TPSA) is 0 Å². The van der Waals surface area contributed by atoms with Gasteiger partial charge in [-0.3, -0.25) is 0 Å². The van der Waals surface area contributed by atoms with Crippen molar-refractivity contribution in [1.29, 1.82) is 0 Å². The lowest BCUT2D eigenvalue weighted by Crippen LogP contribution is -2.19. The quantitative estimate of drug-likeness (QED) is 0.513. The Kier molecular flexibility index (Phi) is 6.14. The lowest BCUT2D eigenvalue weighted by Gasteiger charge is -2.31. The Morgan fingerprint density at radius 2 is 1.67 bits per heavy atom. The van der Waals surface area contributed by atoms with Gasteiger partial charge in [-0.1, -0.05) is 40.0 Å². The van der Waals surface area contributed by atoms with Gasteiger partial charge in [0.1, 0.15) is 0 Å². The summed E-state index contributed by atoms with van der Waals surface area (Å²) < 4.78 is 0. The molecule has 0 bridgehead atoms. The predicted octanol–water partition coefficient (Wildman–Crippen LogP) is 4.27. The summed E-state index contributed by atoms with van der Waals surface area (Å²) in [4.78, 5) is 0. The fourth-order valence-corrected chi connectivity index (χ4v) is 2.03. The molecule has 1 rings (SSSR count). The SMILES string of the molecule is C=C.CCC1CCC(C)C(C)C1. The Labute approximate surface area is 78.1 Å². The minimum absolute atomic E-state index is 0.985. The summed E-state index contributed by atoms with van der Waals surface area (Å²) in [5.74, 6) is 3.02. The second-order valence-electron chi connectivity index (χ2n) is 4.04. The van der Waals surface area contributed by atoms with Crippen LogP contribution < -0.4 is 0 Å². The Hall–Kier alpha value is -0.260. The predicted molar refractivity (Wildman–Crippen MR) is 57.2 cm³/mol. The molecular weight excluding hydrogens is 144 g/mol. The molecule has 1 saturated carbocycles. The highest BCUT2D eigenvalue weighted by molar-refractivity contribution is 4.74. The van der Waals surface area contributed by atoms with Crippen LogP contribution in [0.25, 0.3) is 0 Å². The Morgan fingerprint density at radius 1 is 1.08 bits per heavy atom. The van der Waals surface area contributed by atoms with Gasteiger partial charge < -0.3 is 0 Å². The van der Waals surface area contributed by atoms with Crippen molar-refractivity contribution in [1.82, 2.24) is 0 Å². The molecule has 72 valence electrons. The maximum Gasteiger partial charge on any atom is -0.0414 e. The van der Waals surface area contributed by atoms with Crippen LogP contribution in [-0.4, -0.2) is 0 Å². The Balaban J connectivity index is 0.000000561. The van der Waals surface area contributed by atoms with Crippen molar-refractivity contribution in [2.75, 3.05) is 0 Å². The van der Waals surface area contributed by atoms with Gasteiger partial charge in [0.2, 0.25) is 0 Å². The summed E-state index contributed by atoms with van der Waals surface area (Å²) >= 11 is 0. The first kappa shape index (κ1) is 11.7. The van der Waals surface area contributed by atoms with E-state index in [-0.39, 0.29) is 0 Å². The van der Waals surface area contributed by atoms with Gasteiger partial charge in [0, 0.05) is 0 Å². The molecule has 1 fully saturated rings. The van der Waals surface area contributed by atoms with E-state index in [0.717, 1.165) is 17.8 Å². The van der Waals surface area contributed by atoms with E-state index < -0.39 is 0 Å². The van der Waals surface area contributed by atoms with E-state index in [1.807, 2.05) is 0 Å². The monoisotopic (exact) mass is 168 g/mol. The normalized spacial score (nSPS) is 35.1. The lowest BCUT2D eigenvalue weighted by atomic mass is 9.75. The van der Waals surface area contributed by atoms with Gasteiger partial charge in [0.25, 0.3) is 0 Å². The molecule has 0 heterocycles. The maximum atomic E-state index is 3.00. The van der Waals surface area contributed by atoms with Crippen molar-refractivity contribution in [3.63, 3.8) is 0 Å². The molecule has 12 heavy (non-hydrogen) atoms. The van der Waals surface area contributed by atoms with E-state index in [4.69, 9.17) is 0 Å². The van der Waals surface area contributed by atoms with Gasteiger partial charge in [-0.2, -0.15) is 0 Å². The molecule has 1 aliphatic carbocycles. The summed E-state index contributed by atoms with van der Waals surface area (Å²) in [5.41, 5.74) is 0. The standard InChI is InChI=1S/C10H20.C2H4/c1-4-10-6-5-8(2)9(3)7-10;1-2/h8-10H,4-7H2,1-3H3;1-2H2. The van der Waals surface area contributed by atoms with E-state index in [0.29, 0.717) is 0 Å². The van der Waals surface area contributed by atoms with Gasteiger partial charge >= 0.3 is 0 Å².